The largest absolute Gasteiger partial charge is 0.333 e. The van der Waals surface area contributed by atoms with Gasteiger partial charge in [0.15, 0.2) is 0 Å². The summed E-state index contributed by atoms with van der Waals surface area (Å²) in [5, 5.41) is 4.07. The van der Waals surface area contributed by atoms with Gasteiger partial charge in [0.05, 0.1) is 6.04 Å². The maximum Gasteiger partial charge on any atom is 0.223 e. The zero-order valence-corrected chi connectivity index (χ0v) is 13.5. The molecule has 0 bridgehead atoms. The Morgan fingerprint density at radius 2 is 2.09 bits per heavy atom. The second-order valence-electron chi connectivity index (χ2n) is 6.04. The molecule has 1 aliphatic rings. The molecule has 122 valence electrons. The molecule has 1 fully saturated rings. The number of amides is 1. The van der Waals surface area contributed by atoms with Crippen molar-refractivity contribution >= 4 is 5.91 Å². The van der Waals surface area contributed by atoms with Crippen LogP contribution in [-0.2, 0) is 11.3 Å². The predicted octanol–water partition coefficient (Wildman–Crippen LogP) is 1.57. The molecule has 23 heavy (non-hydrogen) atoms. The Labute approximate surface area is 136 Å². The van der Waals surface area contributed by atoms with Gasteiger partial charge in [-0.05, 0) is 19.0 Å². The zero-order chi connectivity index (χ0) is 16.1. The van der Waals surface area contributed by atoms with E-state index in [-0.39, 0.29) is 11.9 Å². The van der Waals surface area contributed by atoms with Gasteiger partial charge in [-0.1, -0.05) is 30.3 Å². The van der Waals surface area contributed by atoms with Crippen LogP contribution in [0.2, 0.25) is 0 Å². The lowest BCUT2D eigenvalue weighted by Crippen LogP contribution is -2.49. The van der Waals surface area contributed by atoms with Crippen LogP contribution < -0.4 is 0 Å². The average Bonchev–Trinajstić information content (AvgIpc) is 3.09. The van der Waals surface area contributed by atoms with E-state index in [1.54, 1.807) is 11.0 Å². The summed E-state index contributed by atoms with van der Waals surface area (Å²) in [6, 6.07) is 10.5. The van der Waals surface area contributed by atoms with E-state index in [0.717, 1.165) is 32.6 Å². The highest BCUT2D eigenvalue weighted by Gasteiger charge is 2.29. The Kier molecular flexibility index (Phi) is 5.02. The van der Waals surface area contributed by atoms with E-state index in [0.29, 0.717) is 6.42 Å². The highest BCUT2D eigenvalue weighted by atomic mass is 16.2. The maximum absolute atomic E-state index is 12.7. The highest BCUT2D eigenvalue weighted by molar-refractivity contribution is 5.76. The molecule has 1 atom stereocenters. The molecular weight excluding hydrogens is 290 g/mol. The maximum atomic E-state index is 12.7. The Morgan fingerprint density at radius 3 is 2.83 bits per heavy atom. The fourth-order valence-corrected chi connectivity index (χ4v) is 3.06. The molecule has 1 unspecified atom stereocenters. The molecule has 1 saturated heterocycles. The summed E-state index contributed by atoms with van der Waals surface area (Å²) in [4.78, 5) is 20.9. The number of carbonyl (C=O) groups excluding carboxylic acids is 1. The molecule has 1 amide bonds. The first-order valence-electron chi connectivity index (χ1n) is 8.09. The third-order valence-corrected chi connectivity index (χ3v) is 4.33. The van der Waals surface area contributed by atoms with Gasteiger partial charge in [-0.15, -0.1) is 0 Å². The SMILES string of the molecule is CN1CCN(C(=O)CCCn2cncn2)C(c2ccccc2)C1. The average molecular weight is 313 g/mol. The van der Waals surface area contributed by atoms with Crippen molar-refractivity contribution in [1.29, 1.82) is 0 Å². The number of hydrogen-bond donors (Lipinski definition) is 0. The molecule has 1 aromatic heterocycles. The van der Waals surface area contributed by atoms with E-state index >= 15 is 0 Å². The van der Waals surface area contributed by atoms with Gasteiger partial charge in [0.1, 0.15) is 12.7 Å². The van der Waals surface area contributed by atoms with Gasteiger partial charge < -0.3 is 9.80 Å². The van der Waals surface area contributed by atoms with Crippen LogP contribution in [0, 0.1) is 0 Å². The summed E-state index contributed by atoms with van der Waals surface area (Å²) in [6.45, 7) is 3.34. The lowest BCUT2D eigenvalue weighted by Gasteiger charge is -2.40. The molecular formula is C17H23N5O. The van der Waals surface area contributed by atoms with Crippen molar-refractivity contribution in [3.63, 3.8) is 0 Å². The van der Waals surface area contributed by atoms with E-state index in [9.17, 15) is 4.79 Å². The Bertz CT molecular complexity index is 613. The van der Waals surface area contributed by atoms with Crippen LogP contribution in [0.3, 0.4) is 0 Å². The van der Waals surface area contributed by atoms with E-state index in [4.69, 9.17) is 0 Å². The lowest BCUT2D eigenvalue weighted by molar-refractivity contribution is -0.136. The summed E-state index contributed by atoms with van der Waals surface area (Å²) >= 11 is 0. The molecule has 1 aliphatic heterocycles. The zero-order valence-electron chi connectivity index (χ0n) is 13.5. The summed E-state index contributed by atoms with van der Waals surface area (Å²) in [7, 11) is 2.11. The first kappa shape index (κ1) is 15.7. The minimum absolute atomic E-state index is 0.147. The van der Waals surface area contributed by atoms with Crippen LogP contribution in [-0.4, -0.2) is 57.2 Å². The molecule has 0 N–H and O–H groups in total. The minimum Gasteiger partial charge on any atom is -0.333 e. The number of benzene rings is 1. The van der Waals surface area contributed by atoms with Crippen LogP contribution in [0.15, 0.2) is 43.0 Å². The van der Waals surface area contributed by atoms with Crippen molar-refractivity contribution in [2.75, 3.05) is 26.7 Å². The number of aryl methyl sites for hydroxylation is 1. The van der Waals surface area contributed by atoms with Gasteiger partial charge in [-0.25, -0.2) is 4.98 Å². The molecule has 1 aromatic carbocycles. The molecule has 2 aromatic rings. The number of hydrogen-bond acceptors (Lipinski definition) is 4. The molecule has 0 saturated carbocycles. The van der Waals surface area contributed by atoms with Crippen LogP contribution in [0.4, 0.5) is 0 Å². The summed E-state index contributed by atoms with van der Waals surface area (Å²) in [5.41, 5.74) is 1.21. The predicted molar refractivity (Wildman–Crippen MR) is 87.6 cm³/mol. The number of rotatable bonds is 5. The number of carbonyl (C=O) groups is 1. The van der Waals surface area contributed by atoms with Gasteiger partial charge in [-0.3, -0.25) is 9.48 Å². The normalized spacial score (nSPS) is 19.0. The topological polar surface area (TPSA) is 54.3 Å². The Hall–Kier alpha value is -2.21. The van der Waals surface area contributed by atoms with Crippen LogP contribution in [0.5, 0.6) is 0 Å². The van der Waals surface area contributed by atoms with Gasteiger partial charge in [-0.2, -0.15) is 5.10 Å². The third-order valence-electron chi connectivity index (χ3n) is 4.33. The van der Waals surface area contributed by atoms with Crippen LogP contribution >= 0.6 is 0 Å². The van der Waals surface area contributed by atoms with Crippen molar-refractivity contribution in [2.24, 2.45) is 0 Å². The van der Waals surface area contributed by atoms with Gasteiger partial charge in [0.2, 0.25) is 5.91 Å². The van der Waals surface area contributed by atoms with Crippen molar-refractivity contribution in [2.45, 2.75) is 25.4 Å². The molecule has 3 rings (SSSR count). The summed E-state index contributed by atoms with van der Waals surface area (Å²) in [6.07, 6.45) is 4.55. The molecule has 0 aliphatic carbocycles. The van der Waals surface area contributed by atoms with Crippen LogP contribution in [0.25, 0.3) is 0 Å². The standard InChI is InChI=1S/C17H23N5O/c1-20-10-11-22(16(12-20)15-6-3-2-4-7-15)17(23)8-5-9-21-14-18-13-19-21/h2-4,6-7,13-14,16H,5,8-12H2,1H3. The second kappa shape index (κ2) is 7.37. The summed E-state index contributed by atoms with van der Waals surface area (Å²) in [5.74, 6) is 0.229. The van der Waals surface area contributed by atoms with Gasteiger partial charge >= 0.3 is 0 Å². The highest BCUT2D eigenvalue weighted by Crippen LogP contribution is 2.25. The fraction of sp³-hybridized carbons (Fsp3) is 0.471. The fourth-order valence-electron chi connectivity index (χ4n) is 3.06. The van der Waals surface area contributed by atoms with Crippen LogP contribution in [0.1, 0.15) is 24.4 Å². The van der Waals surface area contributed by atoms with Crippen molar-refractivity contribution in [3.05, 3.63) is 48.5 Å². The molecule has 6 heteroatoms. The minimum atomic E-state index is 0.147. The number of aromatic nitrogens is 3. The molecule has 2 heterocycles. The van der Waals surface area contributed by atoms with Crippen molar-refractivity contribution in [3.8, 4) is 0 Å². The Balaban J connectivity index is 1.62. The van der Waals surface area contributed by atoms with E-state index in [2.05, 4.69) is 34.2 Å². The Morgan fingerprint density at radius 1 is 1.26 bits per heavy atom. The number of nitrogens with zero attached hydrogens (tertiary/aromatic N) is 5. The van der Waals surface area contributed by atoms with E-state index in [1.165, 1.54) is 11.9 Å². The second-order valence-corrected chi connectivity index (χ2v) is 6.04. The summed E-state index contributed by atoms with van der Waals surface area (Å²) < 4.78 is 1.77. The lowest BCUT2D eigenvalue weighted by atomic mass is 10.0. The molecule has 6 nitrogen and oxygen atoms in total. The number of likely N-dealkylation sites (N-methyl/N-ethyl adjacent to an activating group) is 1. The quantitative estimate of drug-likeness (QED) is 0.841. The van der Waals surface area contributed by atoms with Crippen molar-refractivity contribution < 1.29 is 4.79 Å². The third kappa shape index (κ3) is 3.96. The first-order chi connectivity index (χ1) is 11.2. The van der Waals surface area contributed by atoms with Gasteiger partial charge in [0, 0.05) is 32.6 Å². The smallest absolute Gasteiger partial charge is 0.223 e. The molecule has 0 radical (unpaired) electrons. The first-order valence-corrected chi connectivity index (χ1v) is 8.09. The molecule has 0 spiro atoms. The number of piperazine rings is 1. The monoisotopic (exact) mass is 313 g/mol. The van der Waals surface area contributed by atoms with E-state index < -0.39 is 0 Å². The van der Waals surface area contributed by atoms with Gasteiger partial charge in [0.25, 0.3) is 0 Å². The van der Waals surface area contributed by atoms with Crippen molar-refractivity contribution in [1.82, 2.24) is 24.6 Å². The van der Waals surface area contributed by atoms with E-state index in [1.807, 2.05) is 23.1 Å².